The number of hydrogen-bond donors (Lipinski definition) is 0. The van der Waals surface area contributed by atoms with Crippen molar-refractivity contribution in [1.29, 1.82) is 10.5 Å². The minimum absolute atomic E-state index is 0.287. The van der Waals surface area contributed by atoms with Gasteiger partial charge in [0.25, 0.3) is 0 Å². The first-order chi connectivity index (χ1) is 8.21. The largest absolute Gasteiger partial charge is 0.286 e. The maximum atomic E-state index is 13.1. The van der Waals surface area contributed by atoms with Crippen LogP contribution in [0.4, 0.5) is 4.39 Å². The first kappa shape index (κ1) is 13.2. The lowest BCUT2D eigenvalue weighted by Crippen LogP contribution is -2.24. The fourth-order valence-electron chi connectivity index (χ4n) is 1.67. The molecule has 0 saturated carbocycles. The van der Waals surface area contributed by atoms with Crippen LogP contribution in [0.25, 0.3) is 0 Å². The van der Waals surface area contributed by atoms with Crippen LogP contribution in [0.1, 0.15) is 24.5 Å². The lowest BCUT2D eigenvalue weighted by atomic mass is 10.1. The van der Waals surface area contributed by atoms with E-state index in [-0.39, 0.29) is 12.4 Å². The van der Waals surface area contributed by atoms with Crippen molar-refractivity contribution in [3.05, 3.63) is 35.1 Å². The van der Waals surface area contributed by atoms with Crippen molar-refractivity contribution in [2.45, 2.75) is 19.9 Å². The molecule has 0 aromatic heterocycles. The van der Waals surface area contributed by atoms with Gasteiger partial charge in [-0.1, -0.05) is 6.92 Å². The highest BCUT2D eigenvalue weighted by atomic mass is 19.1. The molecule has 88 valence electrons. The van der Waals surface area contributed by atoms with Gasteiger partial charge in [0, 0.05) is 6.54 Å². The van der Waals surface area contributed by atoms with Crippen LogP contribution in [-0.4, -0.2) is 18.0 Å². The fraction of sp³-hybridized carbons (Fsp3) is 0.385. The van der Waals surface area contributed by atoms with Crippen molar-refractivity contribution in [2.24, 2.45) is 0 Å². The Labute approximate surface area is 101 Å². The second-order valence-electron chi connectivity index (χ2n) is 3.78. The first-order valence-corrected chi connectivity index (χ1v) is 5.49. The molecular weight excluding hydrogens is 217 g/mol. The zero-order valence-corrected chi connectivity index (χ0v) is 9.78. The summed E-state index contributed by atoms with van der Waals surface area (Å²) >= 11 is 0. The molecule has 1 aromatic carbocycles. The van der Waals surface area contributed by atoms with Crippen molar-refractivity contribution in [3.8, 4) is 12.1 Å². The van der Waals surface area contributed by atoms with Crippen LogP contribution in [0.5, 0.6) is 0 Å². The van der Waals surface area contributed by atoms with Crippen LogP contribution >= 0.6 is 0 Å². The molecule has 0 bridgehead atoms. The molecule has 0 saturated heterocycles. The average molecular weight is 231 g/mol. The predicted molar refractivity (Wildman–Crippen MR) is 62.3 cm³/mol. The summed E-state index contributed by atoms with van der Waals surface area (Å²) in [4.78, 5) is 1.90. The van der Waals surface area contributed by atoms with E-state index in [9.17, 15) is 4.39 Å². The summed E-state index contributed by atoms with van der Waals surface area (Å²) in [5, 5.41) is 17.6. The van der Waals surface area contributed by atoms with Gasteiger partial charge in [0.15, 0.2) is 0 Å². The van der Waals surface area contributed by atoms with Gasteiger partial charge in [-0.25, -0.2) is 4.39 Å². The Hall–Kier alpha value is -1.91. The molecule has 0 aliphatic rings. The molecule has 3 nitrogen and oxygen atoms in total. The molecule has 0 heterocycles. The van der Waals surface area contributed by atoms with E-state index in [1.807, 2.05) is 17.9 Å². The summed E-state index contributed by atoms with van der Waals surface area (Å²) in [5.74, 6) is -0.354. The normalized spacial score (nSPS) is 9.94. The van der Waals surface area contributed by atoms with Crippen LogP contribution in [0, 0.1) is 28.5 Å². The highest BCUT2D eigenvalue weighted by Gasteiger charge is 2.09. The van der Waals surface area contributed by atoms with E-state index < -0.39 is 0 Å². The third kappa shape index (κ3) is 3.86. The molecule has 0 amide bonds. The van der Waals surface area contributed by atoms with E-state index in [4.69, 9.17) is 10.5 Å². The summed E-state index contributed by atoms with van der Waals surface area (Å²) in [5.41, 5.74) is 1.10. The Morgan fingerprint density at radius 1 is 1.35 bits per heavy atom. The van der Waals surface area contributed by atoms with Crippen LogP contribution in [0.3, 0.4) is 0 Å². The molecule has 0 aliphatic carbocycles. The zero-order chi connectivity index (χ0) is 12.7. The average Bonchev–Trinajstić information content (AvgIpc) is 2.30. The third-order valence-corrected chi connectivity index (χ3v) is 2.42. The van der Waals surface area contributed by atoms with Gasteiger partial charge in [0.1, 0.15) is 5.82 Å². The van der Waals surface area contributed by atoms with Gasteiger partial charge in [-0.15, -0.1) is 0 Å². The molecular formula is C13H14FN3. The lowest BCUT2D eigenvalue weighted by molar-refractivity contribution is 0.298. The predicted octanol–water partition coefficient (Wildman–Crippen LogP) is 2.43. The summed E-state index contributed by atoms with van der Waals surface area (Å²) in [6.45, 7) is 3.49. The molecule has 0 atom stereocenters. The quantitative estimate of drug-likeness (QED) is 0.731. The molecule has 17 heavy (non-hydrogen) atoms. The van der Waals surface area contributed by atoms with Crippen LogP contribution in [0.15, 0.2) is 18.2 Å². The second-order valence-corrected chi connectivity index (χ2v) is 3.78. The van der Waals surface area contributed by atoms with Crippen molar-refractivity contribution in [3.63, 3.8) is 0 Å². The van der Waals surface area contributed by atoms with Crippen LogP contribution in [0.2, 0.25) is 0 Å². The zero-order valence-electron chi connectivity index (χ0n) is 9.78. The van der Waals surface area contributed by atoms with Gasteiger partial charge in [-0.2, -0.15) is 10.5 Å². The number of halogens is 1. The standard InChI is InChI=1S/C13H14FN3/c1-2-6-17(7-5-15)10-12-8-13(14)4-3-11(12)9-16/h3-4,8H,2,6-7,10H2,1H3. The Morgan fingerprint density at radius 2 is 2.12 bits per heavy atom. The van der Waals surface area contributed by atoms with E-state index in [2.05, 4.69) is 6.07 Å². The first-order valence-electron chi connectivity index (χ1n) is 5.49. The fourth-order valence-corrected chi connectivity index (χ4v) is 1.67. The van der Waals surface area contributed by atoms with Crippen molar-refractivity contribution >= 4 is 0 Å². The molecule has 0 fully saturated rings. The summed E-state index contributed by atoms with van der Waals surface area (Å²) in [7, 11) is 0. The maximum absolute atomic E-state index is 13.1. The Bertz CT molecular complexity index is 457. The number of benzene rings is 1. The van der Waals surface area contributed by atoms with Crippen LogP contribution < -0.4 is 0 Å². The van der Waals surface area contributed by atoms with E-state index in [0.29, 0.717) is 17.7 Å². The molecule has 1 rings (SSSR count). The number of nitriles is 2. The Balaban J connectivity index is 2.88. The van der Waals surface area contributed by atoms with Gasteiger partial charge < -0.3 is 0 Å². The molecule has 0 aliphatic heterocycles. The summed E-state index contributed by atoms with van der Waals surface area (Å²) in [6.07, 6.45) is 0.916. The van der Waals surface area contributed by atoms with Crippen molar-refractivity contribution in [2.75, 3.05) is 13.1 Å². The lowest BCUT2D eigenvalue weighted by Gasteiger charge is -2.18. The van der Waals surface area contributed by atoms with Crippen molar-refractivity contribution in [1.82, 2.24) is 4.90 Å². The monoisotopic (exact) mass is 231 g/mol. The number of rotatable bonds is 5. The smallest absolute Gasteiger partial charge is 0.123 e. The summed E-state index contributed by atoms with van der Waals surface area (Å²) < 4.78 is 13.1. The van der Waals surface area contributed by atoms with E-state index >= 15 is 0 Å². The van der Waals surface area contributed by atoms with E-state index in [1.54, 1.807) is 0 Å². The Morgan fingerprint density at radius 3 is 2.71 bits per heavy atom. The van der Waals surface area contributed by atoms with Gasteiger partial charge in [0.2, 0.25) is 0 Å². The van der Waals surface area contributed by atoms with Gasteiger partial charge in [-0.05, 0) is 36.7 Å². The minimum Gasteiger partial charge on any atom is -0.286 e. The molecule has 1 aromatic rings. The van der Waals surface area contributed by atoms with Gasteiger partial charge in [-0.3, -0.25) is 4.90 Å². The third-order valence-electron chi connectivity index (χ3n) is 2.42. The van der Waals surface area contributed by atoms with Gasteiger partial charge in [0.05, 0.1) is 24.2 Å². The highest BCUT2D eigenvalue weighted by Crippen LogP contribution is 2.13. The van der Waals surface area contributed by atoms with E-state index in [0.717, 1.165) is 13.0 Å². The molecule has 0 radical (unpaired) electrons. The SMILES string of the molecule is CCCN(CC#N)Cc1cc(F)ccc1C#N. The Kier molecular flexibility index (Phi) is 5.13. The highest BCUT2D eigenvalue weighted by molar-refractivity contribution is 5.37. The molecule has 0 spiro atoms. The molecule has 0 N–H and O–H groups in total. The topological polar surface area (TPSA) is 50.8 Å². The van der Waals surface area contributed by atoms with E-state index in [1.165, 1.54) is 18.2 Å². The summed E-state index contributed by atoms with van der Waals surface area (Å²) in [6, 6.07) is 8.22. The molecule has 0 unspecified atom stereocenters. The number of nitrogens with zero attached hydrogens (tertiary/aromatic N) is 3. The van der Waals surface area contributed by atoms with Crippen molar-refractivity contribution < 1.29 is 4.39 Å². The maximum Gasteiger partial charge on any atom is 0.123 e. The number of hydrogen-bond acceptors (Lipinski definition) is 3. The van der Waals surface area contributed by atoms with Gasteiger partial charge >= 0.3 is 0 Å². The minimum atomic E-state index is -0.354. The van der Waals surface area contributed by atoms with Crippen LogP contribution in [-0.2, 0) is 6.54 Å². The second kappa shape index (κ2) is 6.62. The molecule has 4 heteroatoms.